The second kappa shape index (κ2) is 13.7. The highest BCUT2D eigenvalue weighted by Crippen LogP contribution is 2.33. The van der Waals surface area contributed by atoms with Crippen molar-refractivity contribution in [3.8, 4) is 17.2 Å². The number of benzene rings is 3. The molecule has 0 aliphatic carbocycles. The Morgan fingerprint density at radius 1 is 1.00 bits per heavy atom. The summed E-state index contributed by atoms with van der Waals surface area (Å²) in [5.74, 6) is 1.20. The molecule has 0 unspecified atom stereocenters. The summed E-state index contributed by atoms with van der Waals surface area (Å²) in [7, 11) is 1.58. The Bertz CT molecular complexity index is 1910. The molecule has 0 bridgehead atoms. The third-order valence-corrected chi connectivity index (χ3v) is 8.48. The zero-order valence-electron chi connectivity index (χ0n) is 24.6. The van der Waals surface area contributed by atoms with Crippen LogP contribution in [-0.4, -0.2) is 30.9 Å². The molecule has 0 N–H and O–H groups in total. The minimum Gasteiger partial charge on any atom is -0.497 e. The Kier molecular flexibility index (Phi) is 9.78. The third-order valence-electron chi connectivity index (χ3n) is 6.91. The van der Waals surface area contributed by atoms with E-state index in [0.29, 0.717) is 54.5 Å². The Balaban J connectivity index is 1.54. The summed E-state index contributed by atoms with van der Waals surface area (Å²) in [5, 5.41) is 1.06. The zero-order valence-corrected chi connectivity index (χ0v) is 26.9. The third kappa shape index (κ3) is 6.55. The second-order valence-corrected chi connectivity index (χ2v) is 11.6. The van der Waals surface area contributed by atoms with Crippen molar-refractivity contribution in [1.82, 2.24) is 4.57 Å². The van der Waals surface area contributed by atoms with Crippen LogP contribution in [0.1, 0.15) is 43.5 Å². The molecule has 11 heteroatoms. The predicted octanol–water partition coefficient (Wildman–Crippen LogP) is 6.09. The average Bonchev–Trinajstić information content (AvgIpc) is 3.30. The van der Waals surface area contributed by atoms with Crippen LogP contribution in [0.15, 0.2) is 81.7 Å². The lowest BCUT2D eigenvalue weighted by molar-refractivity contribution is -0.139. The van der Waals surface area contributed by atoms with Gasteiger partial charge < -0.3 is 18.9 Å². The molecule has 0 radical (unpaired) electrons. The average molecular weight is 654 g/mol. The maximum atomic E-state index is 14.0. The molecule has 0 fully saturated rings. The van der Waals surface area contributed by atoms with Crippen molar-refractivity contribution in [1.29, 1.82) is 0 Å². The smallest absolute Gasteiger partial charge is 0.338 e. The van der Waals surface area contributed by atoms with E-state index in [4.69, 9.17) is 42.1 Å². The maximum absolute atomic E-state index is 14.0. The van der Waals surface area contributed by atoms with Gasteiger partial charge in [0.2, 0.25) is 0 Å². The van der Waals surface area contributed by atoms with Crippen molar-refractivity contribution >= 4 is 46.6 Å². The molecule has 1 aliphatic heterocycles. The Hall–Kier alpha value is -4.05. The van der Waals surface area contributed by atoms with E-state index in [1.807, 2.05) is 37.3 Å². The van der Waals surface area contributed by atoms with E-state index < -0.39 is 12.0 Å². The number of carbonyl (C=O) groups excluding carboxylic acids is 1. The van der Waals surface area contributed by atoms with E-state index in [0.717, 1.165) is 16.7 Å². The number of halogens is 2. The van der Waals surface area contributed by atoms with Gasteiger partial charge in [0.05, 0.1) is 42.2 Å². The van der Waals surface area contributed by atoms with Gasteiger partial charge >= 0.3 is 5.97 Å². The normalized spacial score (nSPS) is 14.6. The molecular formula is C33H30Cl2N2O6S. The van der Waals surface area contributed by atoms with Crippen LogP contribution in [0.5, 0.6) is 17.2 Å². The van der Waals surface area contributed by atoms with Gasteiger partial charge in [-0.25, -0.2) is 9.79 Å². The molecule has 4 aromatic rings. The van der Waals surface area contributed by atoms with E-state index >= 15 is 0 Å². The molecule has 1 atom stereocenters. The largest absolute Gasteiger partial charge is 0.497 e. The Morgan fingerprint density at radius 2 is 1.77 bits per heavy atom. The van der Waals surface area contributed by atoms with Crippen LogP contribution in [0.4, 0.5) is 0 Å². The number of hydrogen-bond donors (Lipinski definition) is 0. The van der Waals surface area contributed by atoms with Gasteiger partial charge in [0.15, 0.2) is 16.3 Å². The van der Waals surface area contributed by atoms with Gasteiger partial charge in [0, 0.05) is 15.6 Å². The van der Waals surface area contributed by atoms with Crippen molar-refractivity contribution < 1.29 is 23.7 Å². The number of esters is 1. The minimum absolute atomic E-state index is 0.198. The van der Waals surface area contributed by atoms with Crippen LogP contribution >= 0.6 is 34.5 Å². The molecule has 0 saturated carbocycles. The molecule has 0 saturated heterocycles. The topological polar surface area (TPSA) is 88.4 Å². The molecule has 0 amide bonds. The number of nitrogens with zero attached hydrogens (tertiary/aromatic N) is 2. The maximum Gasteiger partial charge on any atom is 0.338 e. The van der Waals surface area contributed by atoms with Gasteiger partial charge in [-0.1, -0.05) is 58.8 Å². The summed E-state index contributed by atoms with van der Waals surface area (Å²) in [6, 6.07) is 17.2. The summed E-state index contributed by atoms with van der Waals surface area (Å²) in [4.78, 5) is 32.2. The molecule has 0 spiro atoms. The van der Waals surface area contributed by atoms with Crippen LogP contribution in [0, 0.1) is 0 Å². The quantitative estimate of drug-likeness (QED) is 0.193. The fourth-order valence-corrected chi connectivity index (χ4v) is 6.35. The van der Waals surface area contributed by atoms with Crippen molar-refractivity contribution in [2.45, 2.75) is 33.4 Å². The van der Waals surface area contributed by atoms with Crippen molar-refractivity contribution in [3.63, 3.8) is 0 Å². The van der Waals surface area contributed by atoms with Crippen molar-refractivity contribution in [2.75, 3.05) is 20.3 Å². The minimum atomic E-state index is -0.715. The second-order valence-electron chi connectivity index (χ2n) is 9.74. The van der Waals surface area contributed by atoms with Gasteiger partial charge in [-0.15, -0.1) is 0 Å². The number of allylic oxidation sites excluding steroid dienone is 1. The Morgan fingerprint density at radius 3 is 2.45 bits per heavy atom. The van der Waals surface area contributed by atoms with Crippen LogP contribution in [0.2, 0.25) is 10.0 Å². The molecule has 1 aromatic heterocycles. The lowest BCUT2D eigenvalue weighted by Crippen LogP contribution is -2.39. The fraction of sp³-hybridized carbons (Fsp3) is 0.242. The lowest BCUT2D eigenvalue weighted by atomic mass is 9.96. The van der Waals surface area contributed by atoms with E-state index in [1.165, 1.54) is 11.3 Å². The van der Waals surface area contributed by atoms with Crippen molar-refractivity contribution in [2.24, 2.45) is 4.99 Å². The van der Waals surface area contributed by atoms with E-state index in [9.17, 15) is 9.59 Å². The first-order valence-corrected chi connectivity index (χ1v) is 15.5. The molecule has 8 nitrogen and oxygen atoms in total. The van der Waals surface area contributed by atoms with Crippen LogP contribution < -0.4 is 29.1 Å². The molecule has 1 aliphatic rings. The number of ether oxygens (including phenoxy) is 4. The number of methoxy groups -OCH3 is 1. The van der Waals surface area contributed by atoms with E-state index in [1.54, 1.807) is 61.9 Å². The summed E-state index contributed by atoms with van der Waals surface area (Å²) >= 11 is 13.6. The van der Waals surface area contributed by atoms with Crippen LogP contribution in [0.3, 0.4) is 0 Å². The number of fused-ring (bicyclic) bond motifs is 1. The van der Waals surface area contributed by atoms with Crippen LogP contribution in [-0.2, 0) is 16.1 Å². The fourth-order valence-electron chi connectivity index (χ4n) is 4.84. The number of rotatable bonds is 10. The summed E-state index contributed by atoms with van der Waals surface area (Å²) in [5.41, 5.74) is 2.79. The van der Waals surface area contributed by atoms with Gasteiger partial charge in [0.1, 0.15) is 12.4 Å². The highest BCUT2D eigenvalue weighted by Gasteiger charge is 2.33. The van der Waals surface area contributed by atoms with Gasteiger partial charge in [-0.3, -0.25) is 9.36 Å². The molecule has 3 aromatic carbocycles. The monoisotopic (exact) mass is 652 g/mol. The number of carbonyl (C=O) groups is 1. The first-order chi connectivity index (χ1) is 21.2. The highest BCUT2D eigenvalue weighted by atomic mass is 35.5. The lowest BCUT2D eigenvalue weighted by Gasteiger charge is -2.24. The van der Waals surface area contributed by atoms with Gasteiger partial charge in [-0.05, 0) is 74.4 Å². The Labute approximate surface area is 268 Å². The van der Waals surface area contributed by atoms with Gasteiger partial charge in [-0.2, -0.15) is 0 Å². The summed E-state index contributed by atoms with van der Waals surface area (Å²) in [6.45, 7) is 6.22. The summed E-state index contributed by atoms with van der Waals surface area (Å²) < 4.78 is 24.6. The summed E-state index contributed by atoms with van der Waals surface area (Å²) in [6.07, 6.45) is 1.78. The molecule has 2 heterocycles. The van der Waals surface area contributed by atoms with Crippen molar-refractivity contribution in [3.05, 3.63) is 118 Å². The molecular weight excluding hydrogens is 623 g/mol. The molecule has 44 heavy (non-hydrogen) atoms. The highest BCUT2D eigenvalue weighted by molar-refractivity contribution is 7.07. The number of aromatic nitrogens is 1. The SMILES string of the molecule is CCOC(=O)C1=C(C)N=c2s/c(=C\c3ccc(OCc4ccc(Cl)cc4Cl)c(OCC)c3)c(=O)n2[C@@H]1c1ccc(OC)cc1. The predicted molar refractivity (Wildman–Crippen MR) is 172 cm³/mol. The molecule has 5 rings (SSSR count). The molecule has 228 valence electrons. The van der Waals surface area contributed by atoms with Crippen LogP contribution in [0.25, 0.3) is 6.08 Å². The first kappa shape index (κ1) is 31.4. The van der Waals surface area contributed by atoms with Gasteiger partial charge in [0.25, 0.3) is 5.56 Å². The zero-order chi connectivity index (χ0) is 31.4. The number of hydrogen-bond acceptors (Lipinski definition) is 8. The van der Waals surface area contributed by atoms with E-state index in [2.05, 4.69) is 4.99 Å². The standard InChI is InChI=1S/C33H30Cl2N2O6S/c1-5-41-27-15-20(7-14-26(27)43-18-22-8-11-23(34)17-25(22)35)16-28-31(38)37-30(21-9-12-24(40-4)13-10-21)29(32(39)42-6-2)19(3)36-33(37)44-28/h7-17,30H,5-6,18H2,1-4H3/b28-16-/t30-/m1/s1. The first-order valence-electron chi connectivity index (χ1n) is 13.9. The van der Waals surface area contributed by atoms with E-state index in [-0.39, 0.29) is 18.8 Å². The number of thiazole rings is 1.